The number of carboxylic acid groups (broad SMARTS) is 1. The third kappa shape index (κ3) is 3.40. The first kappa shape index (κ1) is 17.5. The van der Waals surface area contributed by atoms with Crippen molar-refractivity contribution in [2.75, 3.05) is 6.61 Å². The molecule has 1 N–H and O–H groups in total. The number of carbonyl (C=O) groups is 2. The smallest absolute Gasteiger partial charge is 0.417 e. The van der Waals surface area contributed by atoms with Gasteiger partial charge >= 0.3 is 18.1 Å². The van der Waals surface area contributed by atoms with Gasteiger partial charge in [0.25, 0.3) is 0 Å². The van der Waals surface area contributed by atoms with E-state index >= 15 is 0 Å². The summed E-state index contributed by atoms with van der Waals surface area (Å²) in [6.07, 6.45) is -4.70. The van der Waals surface area contributed by atoms with Crippen LogP contribution in [0.4, 0.5) is 13.2 Å². The molecule has 0 bridgehead atoms. The van der Waals surface area contributed by atoms with Gasteiger partial charge in [-0.1, -0.05) is 24.3 Å². The number of rotatable bonds is 4. The summed E-state index contributed by atoms with van der Waals surface area (Å²) in [6.45, 7) is 1.55. The highest BCUT2D eigenvalue weighted by atomic mass is 19.4. The molecule has 7 heteroatoms. The zero-order valence-corrected chi connectivity index (χ0v) is 12.6. The second-order valence-electron chi connectivity index (χ2n) is 4.80. The predicted octanol–water partition coefficient (Wildman–Crippen LogP) is 4.25. The Morgan fingerprint density at radius 1 is 1.04 bits per heavy atom. The van der Waals surface area contributed by atoms with Gasteiger partial charge in [0.2, 0.25) is 0 Å². The molecule has 0 aliphatic carbocycles. The van der Waals surface area contributed by atoms with Crippen LogP contribution < -0.4 is 0 Å². The molecule has 0 unspecified atom stereocenters. The van der Waals surface area contributed by atoms with Crippen molar-refractivity contribution in [2.45, 2.75) is 13.1 Å². The Kier molecular flexibility index (Phi) is 4.92. The van der Waals surface area contributed by atoms with Gasteiger partial charge in [-0.15, -0.1) is 0 Å². The molecule has 0 aliphatic rings. The van der Waals surface area contributed by atoms with Gasteiger partial charge in [0.1, 0.15) is 0 Å². The molecule has 0 saturated carbocycles. The van der Waals surface area contributed by atoms with Crippen molar-refractivity contribution in [2.24, 2.45) is 0 Å². The maximum Gasteiger partial charge on any atom is 0.417 e. The van der Waals surface area contributed by atoms with Gasteiger partial charge in [0.05, 0.1) is 23.3 Å². The summed E-state index contributed by atoms with van der Waals surface area (Å²) in [5, 5.41) is 9.32. The Morgan fingerprint density at radius 2 is 1.67 bits per heavy atom. The van der Waals surface area contributed by atoms with Crippen molar-refractivity contribution in [1.29, 1.82) is 0 Å². The summed E-state index contributed by atoms with van der Waals surface area (Å²) >= 11 is 0. The minimum Gasteiger partial charge on any atom is -0.478 e. The van der Waals surface area contributed by atoms with Gasteiger partial charge in [-0.05, 0) is 30.7 Å². The standard InChI is InChI=1S/C17H13F3O4/c1-2-24-16(23)12-8-5-7-11(15(21)22)14(12)10-6-3-4-9-13(10)17(18,19)20/h3-9H,2H2,1H3,(H,21,22). The van der Waals surface area contributed by atoms with E-state index in [-0.39, 0.29) is 23.3 Å². The van der Waals surface area contributed by atoms with Crippen LogP contribution in [-0.2, 0) is 10.9 Å². The van der Waals surface area contributed by atoms with E-state index in [2.05, 4.69) is 0 Å². The molecule has 0 saturated heterocycles. The van der Waals surface area contributed by atoms with Crippen molar-refractivity contribution in [3.63, 3.8) is 0 Å². The van der Waals surface area contributed by atoms with Crippen LogP contribution in [-0.4, -0.2) is 23.7 Å². The van der Waals surface area contributed by atoms with E-state index in [0.29, 0.717) is 0 Å². The highest BCUT2D eigenvalue weighted by Gasteiger charge is 2.35. The van der Waals surface area contributed by atoms with Crippen LogP contribution in [0.2, 0.25) is 0 Å². The number of aromatic carboxylic acids is 1. The quantitative estimate of drug-likeness (QED) is 0.847. The summed E-state index contributed by atoms with van der Waals surface area (Å²) in [4.78, 5) is 23.5. The van der Waals surface area contributed by atoms with Crippen LogP contribution >= 0.6 is 0 Å². The highest BCUT2D eigenvalue weighted by Crippen LogP contribution is 2.39. The van der Waals surface area contributed by atoms with Gasteiger partial charge in [0, 0.05) is 5.56 Å². The lowest BCUT2D eigenvalue weighted by atomic mass is 9.91. The van der Waals surface area contributed by atoms with Crippen LogP contribution in [0.25, 0.3) is 11.1 Å². The molecular weight excluding hydrogens is 325 g/mol. The molecular formula is C17H13F3O4. The summed E-state index contributed by atoms with van der Waals surface area (Å²) in [5.74, 6) is -2.32. The lowest BCUT2D eigenvalue weighted by Crippen LogP contribution is -2.13. The van der Waals surface area contributed by atoms with E-state index in [1.807, 2.05) is 0 Å². The van der Waals surface area contributed by atoms with Crippen LogP contribution in [0.3, 0.4) is 0 Å². The van der Waals surface area contributed by atoms with E-state index in [9.17, 15) is 27.9 Å². The largest absolute Gasteiger partial charge is 0.478 e. The molecule has 0 spiro atoms. The first-order valence-corrected chi connectivity index (χ1v) is 6.97. The number of carboxylic acids is 1. The molecule has 4 nitrogen and oxygen atoms in total. The van der Waals surface area contributed by atoms with Gasteiger partial charge in [-0.25, -0.2) is 9.59 Å². The van der Waals surface area contributed by atoms with Gasteiger partial charge in [-0.2, -0.15) is 13.2 Å². The minimum absolute atomic E-state index is 0.0104. The number of carbonyl (C=O) groups excluding carboxylic acids is 1. The summed E-state index contributed by atoms with van der Waals surface area (Å²) in [5.41, 5.74) is -2.35. The number of hydrogen-bond acceptors (Lipinski definition) is 3. The van der Waals surface area contributed by atoms with E-state index in [4.69, 9.17) is 4.74 Å². The van der Waals surface area contributed by atoms with E-state index < -0.39 is 29.2 Å². The molecule has 2 aromatic rings. The average Bonchev–Trinajstić information content (AvgIpc) is 2.53. The van der Waals surface area contributed by atoms with Crippen molar-refractivity contribution in [3.8, 4) is 11.1 Å². The number of hydrogen-bond donors (Lipinski definition) is 1. The molecule has 0 fully saturated rings. The molecule has 24 heavy (non-hydrogen) atoms. The summed E-state index contributed by atoms with van der Waals surface area (Å²) in [7, 11) is 0. The van der Waals surface area contributed by atoms with Crippen molar-refractivity contribution < 1.29 is 32.6 Å². The van der Waals surface area contributed by atoms with Crippen LogP contribution in [0.15, 0.2) is 42.5 Å². The molecule has 0 atom stereocenters. The van der Waals surface area contributed by atoms with Crippen molar-refractivity contribution in [3.05, 3.63) is 59.2 Å². The fraction of sp³-hybridized carbons (Fsp3) is 0.176. The Labute approximate surface area is 135 Å². The van der Waals surface area contributed by atoms with Crippen molar-refractivity contribution >= 4 is 11.9 Å². The topological polar surface area (TPSA) is 63.6 Å². The van der Waals surface area contributed by atoms with Crippen molar-refractivity contribution in [1.82, 2.24) is 0 Å². The second-order valence-corrected chi connectivity index (χ2v) is 4.80. The minimum atomic E-state index is -4.70. The van der Waals surface area contributed by atoms with Crippen LogP contribution in [0.1, 0.15) is 33.2 Å². The Balaban J connectivity index is 2.83. The molecule has 0 amide bonds. The third-order valence-corrected chi connectivity index (χ3v) is 3.29. The highest BCUT2D eigenvalue weighted by molar-refractivity contribution is 6.05. The molecule has 0 heterocycles. The zero-order chi connectivity index (χ0) is 17.9. The Morgan fingerprint density at radius 3 is 2.25 bits per heavy atom. The van der Waals surface area contributed by atoms with Crippen LogP contribution in [0.5, 0.6) is 0 Å². The first-order chi connectivity index (χ1) is 11.3. The fourth-order valence-corrected chi connectivity index (χ4v) is 2.35. The zero-order valence-electron chi connectivity index (χ0n) is 12.6. The molecule has 2 rings (SSSR count). The monoisotopic (exact) mass is 338 g/mol. The second kappa shape index (κ2) is 6.74. The first-order valence-electron chi connectivity index (χ1n) is 6.97. The average molecular weight is 338 g/mol. The Hall–Kier alpha value is -2.83. The van der Waals surface area contributed by atoms with Gasteiger partial charge in [0.15, 0.2) is 0 Å². The maximum absolute atomic E-state index is 13.3. The summed E-state index contributed by atoms with van der Waals surface area (Å²) < 4.78 is 44.7. The normalized spacial score (nSPS) is 11.2. The number of alkyl halides is 3. The number of halogens is 3. The lowest BCUT2D eigenvalue weighted by molar-refractivity contribution is -0.137. The van der Waals surface area contributed by atoms with E-state index in [1.165, 1.54) is 24.3 Å². The lowest BCUT2D eigenvalue weighted by Gasteiger charge is -2.17. The Bertz CT molecular complexity index is 782. The van der Waals surface area contributed by atoms with Crippen LogP contribution in [0, 0.1) is 0 Å². The summed E-state index contributed by atoms with van der Waals surface area (Å²) in [6, 6.07) is 8.18. The molecule has 2 aromatic carbocycles. The number of benzene rings is 2. The molecule has 0 aromatic heterocycles. The molecule has 126 valence electrons. The van der Waals surface area contributed by atoms with E-state index in [0.717, 1.165) is 18.2 Å². The van der Waals surface area contributed by atoms with Gasteiger partial charge in [-0.3, -0.25) is 0 Å². The predicted molar refractivity (Wildman–Crippen MR) is 79.8 cm³/mol. The number of esters is 1. The van der Waals surface area contributed by atoms with E-state index in [1.54, 1.807) is 6.92 Å². The van der Waals surface area contributed by atoms with Gasteiger partial charge < -0.3 is 9.84 Å². The molecule has 0 aliphatic heterocycles. The maximum atomic E-state index is 13.3. The third-order valence-electron chi connectivity index (χ3n) is 3.29. The fourth-order valence-electron chi connectivity index (χ4n) is 2.35. The SMILES string of the molecule is CCOC(=O)c1cccc(C(=O)O)c1-c1ccccc1C(F)(F)F. The molecule has 0 radical (unpaired) electrons. The number of ether oxygens (including phenoxy) is 1.